The van der Waals surface area contributed by atoms with E-state index in [1.807, 2.05) is 26.8 Å². The number of nitrogens with two attached hydrogens (primary N) is 1. The average molecular weight is 303 g/mol. The van der Waals surface area contributed by atoms with Crippen LogP contribution < -0.4 is 11.1 Å². The third-order valence-electron chi connectivity index (χ3n) is 2.87. The van der Waals surface area contributed by atoms with Crippen molar-refractivity contribution in [3.8, 4) is 0 Å². The third kappa shape index (κ3) is 4.68. The van der Waals surface area contributed by atoms with Gasteiger partial charge in [0.2, 0.25) is 5.91 Å². The zero-order chi connectivity index (χ0) is 14.6. The number of carbonyl (C=O) groups is 1. The minimum atomic E-state index is -0.500. The molecule has 0 fully saturated rings. The number of carbonyl (C=O) groups excluding carboxylic acids is 1. The Hall–Kier alpha value is -0.770. The molecule has 0 aromatic heterocycles. The fourth-order valence-corrected chi connectivity index (χ4v) is 2.34. The molecular formula is C14H20Cl2N2O. The molecule has 0 radical (unpaired) electrons. The zero-order valence-electron chi connectivity index (χ0n) is 11.4. The highest BCUT2D eigenvalue weighted by Gasteiger charge is 2.19. The summed E-state index contributed by atoms with van der Waals surface area (Å²) in [7, 11) is 0. The summed E-state index contributed by atoms with van der Waals surface area (Å²) in [6.07, 6.45) is 0.655. The number of amides is 1. The molecule has 19 heavy (non-hydrogen) atoms. The van der Waals surface area contributed by atoms with Gasteiger partial charge in [0.05, 0.1) is 22.1 Å². The van der Waals surface area contributed by atoms with Crippen molar-refractivity contribution >= 4 is 29.1 Å². The van der Waals surface area contributed by atoms with Gasteiger partial charge in [-0.25, -0.2) is 0 Å². The van der Waals surface area contributed by atoms with Gasteiger partial charge in [-0.05, 0) is 30.9 Å². The third-order valence-corrected chi connectivity index (χ3v) is 3.70. The van der Waals surface area contributed by atoms with Gasteiger partial charge in [-0.3, -0.25) is 4.79 Å². The van der Waals surface area contributed by atoms with Crippen LogP contribution in [0.5, 0.6) is 0 Å². The Kier molecular flexibility index (Phi) is 6.11. The van der Waals surface area contributed by atoms with Crippen molar-refractivity contribution in [3.05, 3.63) is 33.8 Å². The highest BCUT2D eigenvalue weighted by atomic mass is 35.5. The lowest BCUT2D eigenvalue weighted by atomic mass is 10.0. The number of hydrogen-bond acceptors (Lipinski definition) is 2. The molecule has 106 valence electrons. The van der Waals surface area contributed by atoms with E-state index in [4.69, 9.17) is 28.9 Å². The molecule has 3 N–H and O–H groups in total. The lowest BCUT2D eigenvalue weighted by Gasteiger charge is -2.20. The van der Waals surface area contributed by atoms with Crippen LogP contribution in [0, 0.1) is 5.92 Å². The second-order valence-electron chi connectivity index (χ2n) is 5.11. The summed E-state index contributed by atoms with van der Waals surface area (Å²) in [6, 6.07) is 4.64. The first-order chi connectivity index (χ1) is 8.82. The quantitative estimate of drug-likeness (QED) is 0.874. The molecule has 0 aliphatic heterocycles. The average Bonchev–Trinajstić information content (AvgIpc) is 2.31. The SMILES string of the molecule is CC(C)C[C@H](N)C(=O)NC(C)c1cccc(Cl)c1Cl. The maximum Gasteiger partial charge on any atom is 0.237 e. The molecule has 0 aliphatic carbocycles. The van der Waals surface area contributed by atoms with Gasteiger partial charge in [-0.15, -0.1) is 0 Å². The van der Waals surface area contributed by atoms with Gasteiger partial charge in [0.1, 0.15) is 0 Å². The molecule has 1 unspecified atom stereocenters. The van der Waals surface area contributed by atoms with Gasteiger partial charge in [0, 0.05) is 0 Å². The van der Waals surface area contributed by atoms with E-state index in [-0.39, 0.29) is 11.9 Å². The number of benzene rings is 1. The van der Waals surface area contributed by atoms with Gasteiger partial charge >= 0.3 is 0 Å². The minimum Gasteiger partial charge on any atom is -0.348 e. The first-order valence-corrected chi connectivity index (χ1v) is 7.08. The van der Waals surface area contributed by atoms with Crippen LogP contribution >= 0.6 is 23.2 Å². The van der Waals surface area contributed by atoms with Crippen LogP contribution in [0.15, 0.2) is 18.2 Å². The van der Waals surface area contributed by atoms with Crippen LogP contribution in [0.1, 0.15) is 38.8 Å². The van der Waals surface area contributed by atoms with Crippen LogP contribution in [-0.4, -0.2) is 11.9 Å². The van der Waals surface area contributed by atoms with Crippen LogP contribution in [0.4, 0.5) is 0 Å². The van der Waals surface area contributed by atoms with Crippen LogP contribution in [0.25, 0.3) is 0 Å². The Bertz CT molecular complexity index is 449. The Balaban J connectivity index is 2.71. The molecule has 1 rings (SSSR count). The van der Waals surface area contributed by atoms with Crippen LogP contribution in [-0.2, 0) is 4.79 Å². The number of rotatable bonds is 5. The van der Waals surface area contributed by atoms with Crippen molar-refractivity contribution < 1.29 is 4.79 Å². The predicted molar refractivity (Wildman–Crippen MR) is 80.5 cm³/mol. The van der Waals surface area contributed by atoms with Crippen LogP contribution in [0.3, 0.4) is 0 Å². The summed E-state index contributed by atoms with van der Waals surface area (Å²) in [5.41, 5.74) is 6.63. The molecule has 0 bridgehead atoms. The normalized spacial score (nSPS) is 14.3. The lowest BCUT2D eigenvalue weighted by Crippen LogP contribution is -2.42. The summed E-state index contributed by atoms with van der Waals surface area (Å²) in [5.74, 6) is 0.211. The van der Waals surface area contributed by atoms with E-state index < -0.39 is 6.04 Å². The maximum atomic E-state index is 11.9. The lowest BCUT2D eigenvalue weighted by molar-refractivity contribution is -0.123. The van der Waals surface area contributed by atoms with E-state index >= 15 is 0 Å². The smallest absolute Gasteiger partial charge is 0.237 e. The van der Waals surface area contributed by atoms with Gasteiger partial charge < -0.3 is 11.1 Å². The Morgan fingerprint density at radius 3 is 2.53 bits per heavy atom. The largest absolute Gasteiger partial charge is 0.348 e. The molecule has 0 spiro atoms. The van der Waals surface area contributed by atoms with Crippen molar-refractivity contribution in [1.29, 1.82) is 0 Å². The highest BCUT2D eigenvalue weighted by Crippen LogP contribution is 2.29. The van der Waals surface area contributed by atoms with E-state index in [0.717, 1.165) is 5.56 Å². The van der Waals surface area contributed by atoms with Gasteiger partial charge in [-0.1, -0.05) is 49.2 Å². The van der Waals surface area contributed by atoms with Gasteiger partial charge in [0.15, 0.2) is 0 Å². The molecule has 1 aromatic carbocycles. The maximum absolute atomic E-state index is 11.9. The number of hydrogen-bond donors (Lipinski definition) is 2. The predicted octanol–water partition coefficient (Wildman–Crippen LogP) is 3.54. The molecule has 2 atom stereocenters. The Labute approximate surface area is 124 Å². The second-order valence-corrected chi connectivity index (χ2v) is 5.89. The van der Waals surface area contributed by atoms with Gasteiger partial charge in [0.25, 0.3) is 0 Å². The molecule has 3 nitrogen and oxygen atoms in total. The second kappa shape index (κ2) is 7.13. The van der Waals surface area contributed by atoms with E-state index in [1.54, 1.807) is 12.1 Å². The summed E-state index contributed by atoms with van der Waals surface area (Å²) >= 11 is 12.1. The molecule has 1 amide bonds. The van der Waals surface area contributed by atoms with Crippen LogP contribution in [0.2, 0.25) is 10.0 Å². The molecule has 1 aromatic rings. The molecule has 5 heteroatoms. The summed E-state index contributed by atoms with van der Waals surface area (Å²) < 4.78 is 0. The van der Waals surface area contributed by atoms with E-state index in [9.17, 15) is 4.79 Å². The van der Waals surface area contributed by atoms with Gasteiger partial charge in [-0.2, -0.15) is 0 Å². The van der Waals surface area contributed by atoms with E-state index in [2.05, 4.69) is 5.32 Å². The first-order valence-electron chi connectivity index (χ1n) is 6.32. The summed E-state index contributed by atoms with van der Waals surface area (Å²) in [6.45, 7) is 5.92. The molecule has 0 heterocycles. The molecular weight excluding hydrogens is 283 g/mol. The fourth-order valence-electron chi connectivity index (χ4n) is 1.87. The number of halogens is 2. The fraction of sp³-hybridized carbons (Fsp3) is 0.500. The van der Waals surface area contributed by atoms with E-state index in [0.29, 0.717) is 22.4 Å². The van der Waals surface area contributed by atoms with Crippen molar-refractivity contribution in [2.75, 3.05) is 0 Å². The summed E-state index contributed by atoms with van der Waals surface area (Å²) in [4.78, 5) is 11.9. The van der Waals surface area contributed by atoms with Crippen molar-refractivity contribution in [1.82, 2.24) is 5.32 Å². The topological polar surface area (TPSA) is 55.1 Å². The molecule has 0 saturated carbocycles. The highest BCUT2D eigenvalue weighted by molar-refractivity contribution is 6.42. The number of nitrogens with one attached hydrogen (secondary N) is 1. The Morgan fingerprint density at radius 2 is 1.95 bits per heavy atom. The minimum absolute atomic E-state index is 0.169. The van der Waals surface area contributed by atoms with Crippen molar-refractivity contribution in [3.63, 3.8) is 0 Å². The Morgan fingerprint density at radius 1 is 1.32 bits per heavy atom. The standard InChI is InChI=1S/C14H20Cl2N2O/c1-8(2)7-12(17)14(19)18-9(3)10-5-4-6-11(15)13(10)16/h4-6,8-9,12H,7,17H2,1-3H3,(H,18,19)/t9?,12-/m0/s1. The van der Waals surface area contributed by atoms with Crippen molar-refractivity contribution in [2.45, 2.75) is 39.3 Å². The van der Waals surface area contributed by atoms with Crippen molar-refractivity contribution in [2.24, 2.45) is 11.7 Å². The molecule has 0 saturated heterocycles. The van der Waals surface area contributed by atoms with E-state index in [1.165, 1.54) is 0 Å². The zero-order valence-corrected chi connectivity index (χ0v) is 12.9. The monoisotopic (exact) mass is 302 g/mol. The first kappa shape index (κ1) is 16.3. The summed E-state index contributed by atoms with van der Waals surface area (Å²) in [5, 5.41) is 3.81. The molecule has 0 aliphatic rings.